The van der Waals surface area contributed by atoms with Gasteiger partial charge in [0.2, 0.25) is 0 Å². The van der Waals surface area contributed by atoms with Gasteiger partial charge in [-0.25, -0.2) is 15.0 Å². The Balaban J connectivity index is 1.20. The number of fused-ring (bicyclic) bond motifs is 3. The Hall–Kier alpha value is -4.48. The lowest BCUT2D eigenvalue weighted by molar-refractivity contribution is 0.596. The second-order valence-corrected chi connectivity index (χ2v) is 12.0. The van der Waals surface area contributed by atoms with Gasteiger partial charge in [-0.15, -0.1) is 0 Å². The van der Waals surface area contributed by atoms with Crippen molar-refractivity contribution < 1.29 is 0 Å². The largest absolute Gasteiger partial charge is 0.368 e. The molecule has 0 saturated carbocycles. The zero-order chi connectivity index (χ0) is 27.2. The van der Waals surface area contributed by atoms with Crippen molar-refractivity contribution in [1.29, 1.82) is 0 Å². The topological polar surface area (TPSA) is 50.7 Å². The summed E-state index contributed by atoms with van der Waals surface area (Å²) < 4.78 is 0. The normalized spacial score (nSPS) is 22.5. The van der Waals surface area contributed by atoms with Crippen molar-refractivity contribution in [1.82, 2.24) is 20.3 Å². The Labute approximate surface area is 244 Å². The molecule has 41 heavy (non-hydrogen) atoms. The molecule has 3 aromatic carbocycles. The van der Waals surface area contributed by atoms with Crippen LogP contribution in [0.15, 0.2) is 143 Å². The quantitative estimate of drug-likeness (QED) is 0.278. The maximum atomic E-state index is 5.01. The second-order valence-electron chi connectivity index (χ2n) is 10.8. The van der Waals surface area contributed by atoms with Crippen LogP contribution in [0.2, 0.25) is 0 Å². The monoisotopic (exact) mass is 548 g/mol. The number of rotatable bonds is 4. The first-order valence-electron chi connectivity index (χ1n) is 14.2. The molecule has 5 heteroatoms. The SMILES string of the molecule is C1=CC2C=CC3=C(C4=C(CC3)SC(c3ccccc3)N4)C2C=C1c1nc(-c2ccccc2)nc(-c2ccccc2)n1. The third-order valence-electron chi connectivity index (χ3n) is 8.24. The van der Waals surface area contributed by atoms with E-state index in [1.165, 1.54) is 27.3 Å². The van der Waals surface area contributed by atoms with Gasteiger partial charge < -0.3 is 5.32 Å². The van der Waals surface area contributed by atoms with E-state index in [4.69, 9.17) is 15.0 Å². The number of aromatic nitrogens is 3. The Kier molecular flexibility index (Phi) is 6.03. The molecule has 0 amide bonds. The molecule has 1 aromatic heterocycles. The highest BCUT2D eigenvalue weighted by Gasteiger charge is 2.38. The predicted molar refractivity (Wildman–Crippen MR) is 167 cm³/mol. The Morgan fingerprint density at radius 1 is 0.659 bits per heavy atom. The number of nitrogens with one attached hydrogen (secondary N) is 1. The maximum Gasteiger partial charge on any atom is 0.164 e. The zero-order valence-corrected chi connectivity index (χ0v) is 23.3. The van der Waals surface area contributed by atoms with Crippen molar-refractivity contribution in [2.75, 3.05) is 0 Å². The molecular weight excluding hydrogens is 520 g/mol. The number of benzene rings is 3. The summed E-state index contributed by atoms with van der Waals surface area (Å²) in [5.41, 5.74) is 8.56. The van der Waals surface area contributed by atoms with Gasteiger partial charge >= 0.3 is 0 Å². The van der Waals surface area contributed by atoms with E-state index >= 15 is 0 Å². The average molecular weight is 549 g/mol. The van der Waals surface area contributed by atoms with Gasteiger partial charge in [0, 0.05) is 39.1 Å². The summed E-state index contributed by atoms with van der Waals surface area (Å²) >= 11 is 1.98. The van der Waals surface area contributed by atoms with Gasteiger partial charge in [0.05, 0.1) is 0 Å². The summed E-state index contributed by atoms with van der Waals surface area (Å²) in [5.74, 6) is 2.65. The van der Waals surface area contributed by atoms with Crippen molar-refractivity contribution in [2.24, 2.45) is 11.8 Å². The van der Waals surface area contributed by atoms with Crippen LogP contribution in [-0.4, -0.2) is 15.0 Å². The van der Waals surface area contributed by atoms with E-state index in [1.54, 1.807) is 0 Å². The molecule has 1 aliphatic heterocycles. The third-order valence-corrected chi connectivity index (χ3v) is 9.55. The van der Waals surface area contributed by atoms with Crippen LogP contribution in [0.1, 0.15) is 29.6 Å². The van der Waals surface area contributed by atoms with E-state index in [1.807, 2.05) is 48.2 Å². The van der Waals surface area contributed by atoms with Gasteiger partial charge in [0.15, 0.2) is 17.5 Å². The Bertz CT molecular complexity index is 1730. The van der Waals surface area contributed by atoms with Crippen molar-refractivity contribution in [2.45, 2.75) is 18.2 Å². The van der Waals surface area contributed by atoms with Gasteiger partial charge in [-0.05, 0) is 29.6 Å². The van der Waals surface area contributed by atoms with E-state index in [0.717, 1.165) is 29.5 Å². The Morgan fingerprint density at radius 2 is 1.27 bits per heavy atom. The minimum Gasteiger partial charge on any atom is -0.368 e. The van der Waals surface area contributed by atoms with Crippen molar-refractivity contribution in [3.8, 4) is 22.8 Å². The average Bonchev–Trinajstić information content (AvgIpc) is 3.50. The molecule has 4 aliphatic rings. The molecule has 4 nitrogen and oxygen atoms in total. The summed E-state index contributed by atoms with van der Waals surface area (Å²) in [4.78, 5) is 16.4. The van der Waals surface area contributed by atoms with Crippen LogP contribution in [0.4, 0.5) is 0 Å². The summed E-state index contributed by atoms with van der Waals surface area (Å²) in [6.45, 7) is 0. The van der Waals surface area contributed by atoms with Crippen LogP contribution in [0.25, 0.3) is 28.3 Å². The molecule has 8 rings (SSSR count). The molecular formula is C36H28N4S. The molecule has 0 radical (unpaired) electrons. The van der Waals surface area contributed by atoms with Crippen molar-refractivity contribution >= 4 is 17.3 Å². The van der Waals surface area contributed by atoms with Crippen LogP contribution >= 0.6 is 11.8 Å². The highest BCUT2D eigenvalue weighted by molar-refractivity contribution is 8.03. The molecule has 1 N–H and O–H groups in total. The first-order chi connectivity index (χ1) is 20.3. The standard InChI is InChI=1S/C36H28N4S/c1-4-10-25(11-5-1)33-38-34(26-12-6-2-7-13-26)40-35(39-33)28-19-17-23-16-18-24-20-21-30-32(31(24)29(23)22-28)37-36(41-30)27-14-8-3-9-15-27/h1-19,22-23,29,36-37H,20-21H2. The molecule has 3 atom stereocenters. The van der Waals surface area contributed by atoms with Crippen LogP contribution in [0.5, 0.6) is 0 Å². The third kappa shape index (κ3) is 4.47. The van der Waals surface area contributed by atoms with E-state index in [2.05, 4.69) is 90.3 Å². The lowest BCUT2D eigenvalue weighted by Crippen LogP contribution is -2.26. The van der Waals surface area contributed by atoms with Crippen LogP contribution in [0, 0.1) is 11.8 Å². The number of hydrogen-bond donors (Lipinski definition) is 1. The number of thioether (sulfide) groups is 1. The molecule has 0 spiro atoms. The molecule has 4 aromatic rings. The summed E-state index contributed by atoms with van der Waals surface area (Å²) in [7, 11) is 0. The minimum atomic E-state index is 0.236. The van der Waals surface area contributed by atoms with Gasteiger partial charge in [-0.3, -0.25) is 0 Å². The number of nitrogens with zero attached hydrogens (tertiary/aromatic N) is 3. The predicted octanol–water partition coefficient (Wildman–Crippen LogP) is 8.30. The van der Waals surface area contributed by atoms with Gasteiger partial charge in [0.25, 0.3) is 0 Å². The van der Waals surface area contributed by atoms with E-state index in [0.29, 0.717) is 23.4 Å². The zero-order valence-electron chi connectivity index (χ0n) is 22.4. The lowest BCUT2D eigenvalue weighted by atomic mass is 9.72. The fraction of sp³-hybridized carbons (Fsp3) is 0.139. The highest BCUT2D eigenvalue weighted by Crippen LogP contribution is 2.52. The fourth-order valence-electron chi connectivity index (χ4n) is 6.20. The van der Waals surface area contributed by atoms with E-state index in [9.17, 15) is 0 Å². The van der Waals surface area contributed by atoms with Gasteiger partial charge in [-0.1, -0.05) is 133 Å². The first kappa shape index (κ1) is 24.3. The number of hydrogen-bond acceptors (Lipinski definition) is 5. The second kappa shape index (κ2) is 10.2. The summed E-state index contributed by atoms with van der Waals surface area (Å²) in [6, 6.07) is 31.1. The lowest BCUT2D eigenvalue weighted by Gasteiger charge is -2.34. The Morgan fingerprint density at radius 3 is 1.95 bits per heavy atom. The van der Waals surface area contributed by atoms with Crippen LogP contribution in [-0.2, 0) is 0 Å². The van der Waals surface area contributed by atoms with Crippen molar-refractivity contribution in [3.63, 3.8) is 0 Å². The molecule has 2 heterocycles. The summed E-state index contributed by atoms with van der Waals surface area (Å²) in [5, 5.41) is 4.17. The molecule has 198 valence electrons. The molecule has 0 fully saturated rings. The van der Waals surface area contributed by atoms with Crippen molar-refractivity contribution in [3.05, 3.63) is 155 Å². The first-order valence-corrected chi connectivity index (χ1v) is 15.1. The number of allylic oxidation sites excluding steroid dienone is 9. The minimum absolute atomic E-state index is 0.236. The van der Waals surface area contributed by atoms with E-state index in [-0.39, 0.29) is 11.3 Å². The van der Waals surface area contributed by atoms with E-state index < -0.39 is 0 Å². The fourth-order valence-corrected chi connectivity index (χ4v) is 7.46. The van der Waals surface area contributed by atoms with Gasteiger partial charge in [0.1, 0.15) is 5.37 Å². The summed E-state index contributed by atoms with van der Waals surface area (Å²) in [6.07, 6.45) is 13.8. The molecule has 0 saturated heterocycles. The van der Waals surface area contributed by atoms with Crippen LogP contribution < -0.4 is 5.32 Å². The maximum absolute atomic E-state index is 5.01. The molecule has 3 unspecified atom stereocenters. The molecule has 3 aliphatic carbocycles. The van der Waals surface area contributed by atoms with Crippen LogP contribution in [0.3, 0.4) is 0 Å². The van der Waals surface area contributed by atoms with Gasteiger partial charge in [-0.2, -0.15) is 0 Å². The molecule has 0 bridgehead atoms. The highest BCUT2D eigenvalue weighted by atomic mass is 32.2. The smallest absolute Gasteiger partial charge is 0.164 e.